The first kappa shape index (κ1) is 17.5. The first-order valence-corrected chi connectivity index (χ1v) is 9.70. The molecule has 3 heterocycles. The quantitative estimate of drug-likeness (QED) is 0.558. The highest BCUT2D eigenvalue weighted by Crippen LogP contribution is 2.28. The Morgan fingerprint density at radius 2 is 1.97 bits per heavy atom. The minimum atomic E-state index is -0.250. The molecule has 0 radical (unpaired) electrons. The van der Waals surface area contributed by atoms with Crippen LogP contribution in [0.1, 0.15) is 23.3 Å². The lowest BCUT2D eigenvalue weighted by molar-refractivity contribution is 0.0942. The number of hydrogen-bond acceptors (Lipinski definition) is 6. The molecule has 146 valence electrons. The minimum absolute atomic E-state index is 0.132. The molecule has 2 aromatic heterocycles. The zero-order valence-corrected chi connectivity index (χ0v) is 15.7. The van der Waals surface area contributed by atoms with Gasteiger partial charge in [0.2, 0.25) is 0 Å². The van der Waals surface area contributed by atoms with Crippen molar-refractivity contribution < 1.29 is 13.7 Å². The lowest BCUT2D eigenvalue weighted by atomic mass is 10.1. The highest BCUT2D eigenvalue weighted by Gasteiger charge is 2.29. The lowest BCUT2D eigenvalue weighted by Gasteiger charge is -2.22. The molecule has 1 N–H and O–H groups in total. The van der Waals surface area contributed by atoms with Crippen LogP contribution in [0, 0.1) is 0 Å². The molecule has 2 aromatic carbocycles. The molecular formula is C22H20N4O3. The summed E-state index contributed by atoms with van der Waals surface area (Å²) < 4.78 is 11.2. The number of anilines is 1. The van der Waals surface area contributed by atoms with Crippen LogP contribution in [0.3, 0.4) is 0 Å². The van der Waals surface area contributed by atoms with Crippen LogP contribution in [0.25, 0.3) is 22.4 Å². The van der Waals surface area contributed by atoms with E-state index in [9.17, 15) is 4.79 Å². The van der Waals surface area contributed by atoms with Crippen molar-refractivity contribution in [2.75, 3.05) is 18.0 Å². The molecule has 5 rings (SSSR count). The molecule has 1 fully saturated rings. The maximum absolute atomic E-state index is 12.5. The normalized spacial score (nSPS) is 16.4. The Kier molecular flexibility index (Phi) is 4.48. The van der Waals surface area contributed by atoms with E-state index in [1.807, 2.05) is 54.6 Å². The molecule has 1 saturated heterocycles. The van der Waals surface area contributed by atoms with Gasteiger partial charge in [-0.05, 0) is 25.0 Å². The molecule has 0 aliphatic carbocycles. The van der Waals surface area contributed by atoms with E-state index in [4.69, 9.17) is 8.94 Å². The number of carbonyl (C=O) groups excluding carboxylic acids is 1. The summed E-state index contributed by atoms with van der Waals surface area (Å²) in [4.78, 5) is 19.2. The molecule has 29 heavy (non-hydrogen) atoms. The summed E-state index contributed by atoms with van der Waals surface area (Å²) in [5.41, 5.74) is 2.77. The van der Waals surface area contributed by atoms with Crippen molar-refractivity contribution in [3.8, 4) is 11.3 Å². The lowest BCUT2D eigenvalue weighted by Crippen LogP contribution is -2.40. The van der Waals surface area contributed by atoms with Crippen LogP contribution >= 0.6 is 0 Å². The Bertz CT molecular complexity index is 1100. The van der Waals surface area contributed by atoms with Gasteiger partial charge < -0.3 is 19.2 Å². The monoisotopic (exact) mass is 388 g/mol. The van der Waals surface area contributed by atoms with E-state index in [2.05, 4.69) is 20.4 Å². The van der Waals surface area contributed by atoms with Gasteiger partial charge in [0.1, 0.15) is 5.52 Å². The fourth-order valence-corrected chi connectivity index (χ4v) is 3.70. The molecular weight excluding hydrogens is 368 g/mol. The zero-order chi connectivity index (χ0) is 19.6. The van der Waals surface area contributed by atoms with E-state index >= 15 is 0 Å². The van der Waals surface area contributed by atoms with Crippen LogP contribution in [0.15, 0.2) is 69.6 Å². The average molecular weight is 388 g/mol. The van der Waals surface area contributed by atoms with Gasteiger partial charge in [0.15, 0.2) is 17.0 Å². The summed E-state index contributed by atoms with van der Waals surface area (Å²) in [5, 5.41) is 6.88. The Labute approximate surface area is 167 Å². The van der Waals surface area contributed by atoms with Crippen LogP contribution in [0.4, 0.5) is 6.01 Å². The van der Waals surface area contributed by atoms with E-state index in [0.717, 1.165) is 36.0 Å². The maximum Gasteiger partial charge on any atom is 0.298 e. The van der Waals surface area contributed by atoms with E-state index in [1.165, 1.54) is 0 Å². The third-order valence-corrected chi connectivity index (χ3v) is 5.20. The first-order chi connectivity index (χ1) is 14.3. The number of nitrogens with one attached hydrogen (secondary N) is 1. The highest BCUT2D eigenvalue weighted by molar-refractivity contribution is 5.93. The largest absolute Gasteiger partial charge is 0.423 e. The molecule has 4 aromatic rings. The molecule has 0 bridgehead atoms. The smallest absolute Gasteiger partial charge is 0.298 e. The number of nitrogens with zero attached hydrogens (tertiary/aromatic N) is 3. The molecule has 7 nitrogen and oxygen atoms in total. The number of amides is 1. The van der Waals surface area contributed by atoms with Crippen molar-refractivity contribution in [2.24, 2.45) is 0 Å². The molecule has 7 heteroatoms. The Morgan fingerprint density at radius 3 is 2.83 bits per heavy atom. The fraction of sp³-hybridized carbons (Fsp3) is 0.227. The topological polar surface area (TPSA) is 84.4 Å². The minimum Gasteiger partial charge on any atom is -0.423 e. The number of benzene rings is 2. The summed E-state index contributed by atoms with van der Waals surface area (Å²) in [5.74, 6) is 0.324. The van der Waals surface area contributed by atoms with Crippen molar-refractivity contribution in [3.05, 3.63) is 66.4 Å². The zero-order valence-electron chi connectivity index (χ0n) is 15.7. The van der Waals surface area contributed by atoms with Gasteiger partial charge in [-0.1, -0.05) is 47.6 Å². The van der Waals surface area contributed by atoms with Crippen LogP contribution in [0.5, 0.6) is 0 Å². The number of rotatable bonds is 5. The molecule has 1 amide bonds. The van der Waals surface area contributed by atoms with Gasteiger partial charge in [-0.25, -0.2) is 0 Å². The van der Waals surface area contributed by atoms with Crippen molar-refractivity contribution in [2.45, 2.75) is 18.9 Å². The van der Waals surface area contributed by atoms with Gasteiger partial charge in [0.05, 0.1) is 6.04 Å². The Morgan fingerprint density at radius 1 is 1.14 bits per heavy atom. The number of para-hydroxylation sites is 2. The molecule has 1 aliphatic rings. The first-order valence-electron chi connectivity index (χ1n) is 9.70. The van der Waals surface area contributed by atoms with Crippen molar-refractivity contribution in [3.63, 3.8) is 0 Å². The number of hydrogen-bond donors (Lipinski definition) is 1. The van der Waals surface area contributed by atoms with Gasteiger partial charge in [0.25, 0.3) is 11.9 Å². The summed E-state index contributed by atoms with van der Waals surface area (Å²) in [7, 11) is 0. The highest BCUT2D eigenvalue weighted by atomic mass is 16.5. The SMILES string of the molecule is O=C(NC[C@@H]1CCCN1c1nc2ccccc2o1)c1cc(-c2ccccc2)on1. The van der Waals surface area contributed by atoms with Crippen LogP contribution in [-0.2, 0) is 0 Å². The number of carbonyl (C=O) groups is 1. The van der Waals surface area contributed by atoms with Gasteiger partial charge in [-0.15, -0.1) is 0 Å². The summed E-state index contributed by atoms with van der Waals surface area (Å²) in [6.07, 6.45) is 1.99. The van der Waals surface area contributed by atoms with Crippen molar-refractivity contribution in [1.82, 2.24) is 15.5 Å². The number of aromatic nitrogens is 2. The van der Waals surface area contributed by atoms with E-state index in [-0.39, 0.29) is 17.6 Å². The fourth-order valence-electron chi connectivity index (χ4n) is 3.70. The Balaban J connectivity index is 1.25. The molecule has 0 saturated carbocycles. The van der Waals surface area contributed by atoms with E-state index < -0.39 is 0 Å². The van der Waals surface area contributed by atoms with Gasteiger partial charge in [-0.2, -0.15) is 4.98 Å². The van der Waals surface area contributed by atoms with E-state index in [0.29, 0.717) is 18.3 Å². The van der Waals surface area contributed by atoms with Gasteiger partial charge in [0, 0.05) is 24.7 Å². The van der Waals surface area contributed by atoms with Crippen LogP contribution in [-0.4, -0.2) is 35.2 Å². The second kappa shape index (κ2) is 7.43. The van der Waals surface area contributed by atoms with Crippen molar-refractivity contribution >= 4 is 23.0 Å². The summed E-state index contributed by atoms with van der Waals surface area (Å²) in [6, 6.07) is 19.7. The number of oxazole rings is 1. The maximum atomic E-state index is 12.5. The van der Waals surface area contributed by atoms with Crippen molar-refractivity contribution in [1.29, 1.82) is 0 Å². The second-order valence-corrected chi connectivity index (χ2v) is 7.11. The molecule has 1 atom stereocenters. The predicted molar refractivity (Wildman–Crippen MR) is 109 cm³/mol. The predicted octanol–water partition coefficient (Wildman–Crippen LogP) is 3.88. The third kappa shape index (κ3) is 3.47. The Hall–Kier alpha value is -3.61. The summed E-state index contributed by atoms with van der Waals surface area (Å²) in [6.45, 7) is 1.35. The van der Waals surface area contributed by atoms with Gasteiger partial charge in [-0.3, -0.25) is 4.79 Å². The standard InChI is InChI=1S/C22H20N4O3/c27-21(18-13-20(29-25-18)15-7-2-1-3-8-15)23-14-16-9-6-12-26(16)22-24-17-10-4-5-11-19(17)28-22/h1-5,7-8,10-11,13,16H,6,9,12,14H2,(H,23,27)/t16-/m0/s1. The third-order valence-electron chi connectivity index (χ3n) is 5.20. The van der Waals surface area contributed by atoms with E-state index in [1.54, 1.807) is 6.07 Å². The van der Waals surface area contributed by atoms with Gasteiger partial charge >= 0.3 is 0 Å². The second-order valence-electron chi connectivity index (χ2n) is 7.11. The van der Waals surface area contributed by atoms with Crippen LogP contribution in [0.2, 0.25) is 0 Å². The molecule has 0 spiro atoms. The average Bonchev–Trinajstić information content (AvgIpc) is 3.51. The molecule has 1 aliphatic heterocycles. The summed E-state index contributed by atoms with van der Waals surface area (Å²) >= 11 is 0. The van der Waals surface area contributed by atoms with Crippen LogP contribution < -0.4 is 10.2 Å². The molecule has 0 unspecified atom stereocenters. The number of fused-ring (bicyclic) bond motifs is 1.